The van der Waals surface area contributed by atoms with Crippen molar-refractivity contribution in [1.82, 2.24) is 39.0 Å². The van der Waals surface area contributed by atoms with Crippen molar-refractivity contribution in [2.24, 2.45) is 0 Å². The molecular weight excluding hydrogens is 599 g/mol. The molecule has 2 aliphatic rings. The van der Waals surface area contributed by atoms with Crippen LogP contribution in [0.2, 0.25) is 0 Å². The van der Waals surface area contributed by atoms with Crippen LogP contribution in [0.3, 0.4) is 0 Å². The number of hydrogen-bond donors (Lipinski definition) is 7. The van der Waals surface area contributed by atoms with Crippen LogP contribution in [0.15, 0.2) is 23.6 Å². The number of anilines is 2. The van der Waals surface area contributed by atoms with E-state index in [0.717, 1.165) is 10.9 Å². The zero-order chi connectivity index (χ0) is 30.6. The predicted molar refractivity (Wildman–Crippen MR) is 140 cm³/mol. The standard InChI is InChI=1S/C21H27N10O11P/c1-2-38-12-8(40-17(10(12)32)30-5-25-7-3-24-20(22)27-14(7)30)4-39-43(36,37)42-13-11(33)19(35)41-18(13)31-6-26-9-15(31)28-21(23)29-16(9)34/h3,5-6,8,10-13,17-19,32-33,35H,2,4H2,1H3,(H,36,37)(H2,22,24,27)(H3,23,28,29,34). The Morgan fingerprint density at radius 1 is 1.02 bits per heavy atom. The topological polar surface area (TPSA) is 303 Å². The highest BCUT2D eigenvalue weighted by Crippen LogP contribution is 2.50. The number of ether oxygens (including phenoxy) is 3. The third kappa shape index (κ3) is 5.35. The second kappa shape index (κ2) is 11.1. The number of aliphatic hydroxyl groups excluding tert-OH is 3. The number of hydrogen-bond acceptors (Lipinski definition) is 17. The number of phosphoric acid groups is 1. The van der Waals surface area contributed by atoms with E-state index >= 15 is 0 Å². The SMILES string of the molecule is CCOC1C(COP(=O)(O)OC2C(O)C(O)OC2n2cnc3c(=O)[nH]c(N)nc32)OC(n2cnc3cnc(N)nc32)C1O. The second-order valence-corrected chi connectivity index (χ2v) is 11.0. The van der Waals surface area contributed by atoms with Gasteiger partial charge in [-0.05, 0) is 6.92 Å². The summed E-state index contributed by atoms with van der Waals surface area (Å²) in [7, 11) is -5.04. The molecule has 2 saturated heterocycles. The van der Waals surface area contributed by atoms with Gasteiger partial charge in [-0.2, -0.15) is 9.97 Å². The van der Waals surface area contributed by atoms with Gasteiger partial charge in [0.2, 0.25) is 11.9 Å². The smallest absolute Gasteiger partial charge is 0.386 e. The van der Waals surface area contributed by atoms with E-state index in [-0.39, 0.29) is 35.3 Å². The molecule has 6 rings (SSSR count). The maximum atomic E-state index is 13.1. The molecule has 0 aromatic carbocycles. The quantitative estimate of drug-likeness (QED) is 0.0944. The predicted octanol–water partition coefficient (Wildman–Crippen LogP) is -2.50. The van der Waals surface area contributed by atoms with Gasteiger partial charge in [0, 0.05) is 6.61 Å². The highest BCUT2D eigenvalue weighted by atomic mass is 31.2. The number of rotatable bonds is 9. The highest BCUT2D eigenvalue weighted by molar-refractivity contribution is 7.47. The third-order valence-electron chi connectivity index (χ3n) is 6.85. The van der Waals surface area contributed by atoms with Crippen LogP contribution in [-0.4, -0.2) is 109 Å². The zero-order valence-electron chi connectivity index (χ0n) is 22.1. The molecule has 0 spiro atoms. The molecule has 22 heteroatoms. The van der Waals surface area contributed by atoms with E-state index in [2.05, 4.69) is 29.9 Å². The Bertz CT molecular complexity index is 1750. The van der Waals surface area contributed by atoms with E-state index < -0.39 is 69.3 Å². The molecule has 21 nitrogen and oxygen atoms in total. The number of H-pyrrole nitrogens is 1. The van der Waals surface area contributed by atoms with Gasteiger partial charge in [0.05, 0.1) is 25.5 Å². The summed E-state index contributed by atoms with van der Waals surface area (Å²) in [6.45, 7) is 1.22. The van der Waals surface area contributed by atoms with E-state index in [9.17, 15) is 29.6 Å². The Kier molecular flexibility index (Phi) is 7.62. The lowest BCUT2D eigenvalue weighted by Gasteiger charge is -2.25. The number of nitrogens with one attached hydrogen (secondary N) is 1. The second-order valence-electron chi connectivity index (χ2n) is 9.58. The first-order valence-corrected chi connectivity index (χ1v) is 14.3. The molecule has 0 amide bonds. The normalized spacial score (nSPS) is 30.8. The van der Waals surface area contributed by atoms with E-state index in [1.807, 2.05) is 0 Å². The van der Waals surface area contributed by atoms with Gasteiger partial charge in [0.15, 0.2) is 35.6 Å². The number of fused-ring (bicyclic) bond motifs is 2. The van der Waals surface area contributed by atoms with Crippen LogP contribution in [-0.2, 0) is 27.8 Å². The van der Waals surface area contributed by atoms with Crippen molar-refractivity contribution in [1.29, 1.82) is 0 Å². The van der Waals surface area contributed by atoms with Crippen molar-refractivity contribution in [3.8, 4) is 0 Å². The Labute approximate surface area is 239 Å². The number of nitrogens with zero attached hydrogens (tertiary/aromatic N) is 7. The van der Waals surface area contributed by atoms with Crippen LogP contribution in [0.4, 0.5) is 11.9 Å². The molecule has 9 atom stereocenters. The summed E-state index contributed by atoms with van der Waals surface area (Å²) in [6, 6.07) is 0. The van der Waals surface area contributed by atoms with Crippen LogP contribution < -0.4 is 17.0 Å². The highest BCUT2D eigenvalue weighted by Gasteiger charge is 2.51. The van der Waals surface area contributed by atoms with Crippen molar-refractivity contribution in [2.75, 3.05) is 24.7 Å². The molecule has 6 heterocycles. The van der Waals surface area contributed by atoms with Crippen molar-refractivity contribution >= 4 is 42.0 Å². The van der Waals surface area contributed by atoms with E-state index in [4.69, 9.17) is 34.7 Å². The lowest BCUT2D eigenvalue weighted by atomic mass is 10.1. The van der Waals surface area contributed by atoms with Gasteiger partial charge in [0.1, 0.15) is 36.0 Å². The molecule has 0 bridgehead atoms. The van der Waals surface area contributed by atoms with Gasteiger partial charge >= 0.3 is 7.82 Å². The maximum Gasteiger partial charge on any atom is 0.472 e. The Morgan fingerprint density at radius 3 is 2.53 bits per heavy atom. The molecule has 2 fully saturated rings. The van der Waals surface area contributed by atoms with Crippen molar-refractivity contribution < 1.29 is 48.0 Å². The molecule has 2 aliphatic heterocycles. The molecular formula is C21H27N10O11P. The molecule has 0 radical (unpaired) electrons. The number of aromatic amines is 1. The maximum absolute atomic E-state index is 13.1. The van der Waals surface area contributed by atoms with Crippen LogP contribution >= 0.6 is 7.82 Å². The number of nitrogens with two attached hydrogens (primary N) is 2. The summed E-state index contributed by atoms with van der Waals surface area (Å²) in [5.74, 6) is -0.287. The lowest BCUT2D eigenvalue weighted by Crippen LogP contribution is -2.37. The number of aromatic nitrogens is 8. The van der Waals surface area contributed by atoms with Crippen LogP contribution in [0.1, 0.15) is 19.4 Å². The van der Waals surface area contributed by atoms with Crippen molar-refractivity contribution in [3.63, 3.8) is 0 Å². The van der Waals surface area contributed by atoms with Crippen LogP contribution in [0.5, 0.6) is 0 Å². The molecule has 232 valence electrons. The van der Waals surface area contributed by atoms with Gasteiger partial charge in [-0.3, -0.25) is 28.0 Å². The molecule has 9 unspecified atom stereocenters. The third-order valence-corrected chi connectivity index (χ3v) is 7.83. The minimum absolute atomic E-state index is 0.0300. The van der Waals surface area contributed by atoms with Gasteiger partial charge in [-0.1, -0.05) is 0 Å². The van der Waals surface area contributed by atoms with Crippen molar-refractivity contribution in [3.05, 3.63) is 29.2 Å². The number of phosphoric ester groups is 1. The van der Waals surface area contributed by atoms with E-state index in [1.165, 1.54) is 17.1 Å². The Morgan fingerprint density at radius 2 is 1.77 bits per heavy atom. The largest absolute Gasteiger partial charge is 0.472 e. The van der Waals surface area contributed by atoms with Gasteiger partial charge in [0.25, 0.3) is 5.56 Å². The Balaban J connectivity index is 1.20. The summed E-state index contributed by atoms with van der Waals surface area (Å²) in [5.41, 5.74) is 11.0. The number of nitrogen functional groups attached to an aromatic ring is 2. The monoisotopic (exact) mass is 626 g/mol. The first-order valence-electron chi connectivity index (χ1n) is 12.8. The van der Waals surface area contributed by atoms with Gasteiger partial charge < -0.3 is 45.9 Å². The average molecular weight is 626 g/mol. The van der Waals surface area contributed by atoms with Gasteiger partial charge in [-0.15, -0.1) is 0 Å². The molecule has 4 aromatic rings. The fourth-order valence-electron chi connectivity index (χ4n) is 4.96. The number of aliphatic hydroxyl groups is 3. The first-order chi connectivity index (χ1) is 20.5. The minimum Gasteiger partial charge on any atom is -0.386 e. The minimum atomic E-state index is -5.04. The molecule has 43 heavy (non-hydrogen) atoms. The van der Waals surface area contributed by atoms with Crippen LogP contribution in [0.25, 0.3) is 22.3 Å². The van der Waals surface area contributed by atoms with Gasteiger partial charge in [-0.25, -0.2) is 19.5 Å². The van der Waals surface area contributed by atoms with E-state index in [0.29, 0.717) is 5.52 Å². The Hall–Kier alpha value is -3.63. The zero-order valence-corrected chi connectivity index (χ0v) is 23.0. The molecule has 0 aliphatic carbocycles. The van der Waals surface area contributed by atoms with E-state index in [1.54, 1.807) is 6.92 Å². The average Bonchev–Trinajstić information content (AvgIpc) is 3.70. The summed E-state index contributed by atoms with van der Waals surface area (Å²) >= 11 is 0. The summed E-state index contributed by atoms with van der Waals surface area (Å²) in [4.78, 5) is 45.1. The lowest BCUT2D eigenvalue weighted by molar-refractivity contribution is -0.141. The molecule has 9 N–H and O–H groups in total. The van der Waals surface area contributed by atoms with Crippen LogP contribution in [0, 0.1) is 0 Å². The number of imidazole rings is 2. The van der Waals surface area contributed by atoms with Crippen molar-refractivity contribution in [2.45, 2.75) is 56.2 Å². The molecule has 4 aromatic heterocycles. The fourth-order valence-corrected chi connectivity index (χ4v) is 5.89. The summed E-state index contributed by atoms with van der Waals surface area (Å²) < 4.78 is 42.9. The fraction of sp³-hybridized carbons (Fsp3) is 0.524. The first kappa shape index (κ1) is 29.4. The molecule has 0 saturated carbocycles. The summed E-state index contributed by atoms with van der Waals surface area (Å²) in [5, 5.41) is 31.7. The summed E-state index contributed by atoms with van der Waals surface area (Å²) in [6.07, 6.45) is -7.52.